The van der Waals surface area contributed by atoms with E-state index in [4.69, 9.17) is 21.1 Å². The second kappa shape index (κ2) is 7.51. The lowest BCUT2D eigenvalue weighted by molar-refractivity contribution is 0.0952. The molecule has 6 nitrogen and oxygen atoms in total. The lowest BCUT2D eigenvalue weighted by Crippen LogP contribution is -2.17. The van der Waals surface area contributed by atoms with Crippen molar-refractivity contribution in [1.82, 2.24) is 5.43 Å². The van der Waals surface area contributed by atoms with Gasteiger partial charge in [-0.05, 0) is 30.3 Å². The summed E-state index contributed by atoms with van der Waals surface area (Å²) in [6, 6.07) is 9.37. The molecular weight excluding hydrogens is 320 g/mol. The lowest BCUT2D eigenvalue weighted by atomic mass is 10.2. The molecule has 23 heavy (non-hydrogen) atoms. The molecule has 0 unspecified atom stereocenters. The Morgan fingerprint density at radius 2 is 2.00 bits per heavy atom. The van der Waals surface area contributed by atoms with Gasteiger partial charge >= 0.3 is 0 Å². The van der Waals surface area contributed by atoms with Crippen molar-refractivity contribution in [1.29, 1.82) is 0 Å². The summed E-state index contributed by atoms with van der Waals surface area (Å²) in [5, 5.41) is 13.9. The quantitative estimate of drug-likeness (QED) is 0.651. The maximum atomic E-state index is 12.0. The highest BCUT2D eigenvalue weighted by Gasteiger charge is 2.11. The first-order valence-corrected chi connectivity index (χ1v) is 6.97. The fourth-order valence-corrected chi connectivity index (χ4v) is 2.01. The van der Waals surface area contributed by atoms with Gasteiger partial charge in [-0.1, -0.05) is 11.6 Å². The second-order valence-corrected chi connectivity index (χ2v) is 4.90. The first-order chi connectivity index (χ1) is 11.0. The van der Waals surface area contributed by atoms with Crippen LogP contribution in [-0.2, 0) is 0 Å². The minimum atomic E-state index is -0.575. The summed E-state index contributed by atoms with van der Waals surface area (Å²) in [6.07, 6.45) is 1.43. The average Bonchev–Trinajstić information content (AvgIpc) is 2.57. The zero-order valence-electron chi connectivity index (χ0n) is 12.5. The van der Waals surface area contributed by atoms with Crippen LogP contribution in [0.5, 0.6) is 17.2 Å². The Morgan fingerprint density at radius 1 is 1.22 bits per heavy atom. The lowest BCUT2D eigenvalue weighted by Gasteiger charge is -2.07. The third-order valence-electron chi connectivity index (χ3n) is 3.01. The second-order valence-electron chi connectivity index (χ2n) is 4.47. The van der Waals surface area contributed by atoms with Gasteiger partial charge in [0.2, 0.25) is 0 Å². The maximum absolute atomic E-state index is 12.0. The fraction of sp³-hybridized carbons (Fsp3) is 0.125. The maximum Gasteiger partial charge on any atom is 0.275 e. The number of methoxy groups -OCH3 is 2. The molecule has 2 rings (SSSR count). The highest BCUT2D eigenvalue weighted by Crippen LogP contribution is 2.23. The molecule has 2 aromatic rings. The number of halogens is 1. The van der Waals surface area contributed by atoms with Crippen LogP contribution in [0.15, 0.2) is 41.5 Å². The van der Waals surface area contributed by atoms with Gasteiger partial charge in [-0.2, -0.15) is 5.10 Å². The molecule has 0 aromatic heterocycles. The van der Waals surface area contributed by atoms with Crippen LogP contribution in [0.2, 0.25) is 5.02 Å². The number of nitrogens with one attached hydrogen (secondary N) is 1. The van der Waals surface area contributed by atoms with E-state index < -0.39 is 5.91 Å². The molecule has 0 aliphatic heterocycles. The number of ether oxygens (including phenoxy) is 2. The third-order valence-corrected chi connectivity index (χ3v) is 3.25. The van der Waals surface area contributed by atoms with E-state index in [1.165, 1.54) is 31.5 Å². The number of carbonyl (C=O) groups excluding carboxylic acids is 1. The predicted octanol–water partition coefficient (Wildman–Crippen LogP) is 2.83. The summed E-state index contributed by atoms with van der Waals surface area (Å²) >= 11 is 5.80. The van der Waals surface area contributed by atoms with Gasteiger partial charge in [-0.25, -0.2) is 5.43 Å². The van der Waals surface area contributed by atoms with Crippen molar-refractivity contribution in [3.05, 3.63) is 52.5 Å². The van der Waals surface area contributed by atoms with Crippen LogP contribution in [0.1, 0.15) is 15.9 Å². The molecular formula is C16H15ClN2O4. The first kappa shape index (κ1) is 16.6. The van der Waals surface area contributed by atoms with Crippen molar-refractivity contribution in [2.45, 2.75) is 0 Å². The van der Waals surface area contributed by atoms with Gasteiger partial charge in [-0.3, -0.25) is 4.79 Å². The zero-order valence-corrected chi connectivity index (χ0v) is 13.3. The van der Waals surface area contributed by atoms with Crippen LogP contribution in [0, 0.1) is 0 Å². The molecule has 0 heterocycles. The van der Waals surface area contributed by atoms with Gasteiger partial charge < -0.3 is 14.6 Å². The van der Waals surface area contributed by atoms with Crippen molar-refractivity contribution >= 4 is 23.7 Å². The van der Waals surface area contributed by atoms with Crippen molar-refractivity contribution < 1.29 is 19.4 Å². The molecule has 0 spiro atoms. The van der Waals surface area contributed by atoms with E-state index in [0.29, 0.717) is 22.1 Å². The molecule has 2 N–H and O–H groups in total. The average molecular weight is 335 g/mol. The summed E-state index contributed by atoms with van der Waals surface area (Å²) in [7, 11) is 3.08. The summed E-state index contributed by atoms with van der Waals surface area (Å²) in [4.78, 5) is 12.0. The van der Waals surface area contributed by atoms with Crippen LogP contribution >= 0.6 is 11.6 Å². The number of carbonyl (C=O) groups is 1. The van der Waals surface area contributed by atoms with Crippen molar-refractivity contribution in [3.63, 3.8) is 0 Å². The Labute approximate surface area is 138 Å². The number of hydrazone groups is 1. The van der Waals surface area contributed by atoms with Crippen LogP contribution in [-0.4, -0.2) is 31.4 Å². The Bertz CT molecular complexity index is 747. The highest BCUT2D eigenvalue weighted by molar-refractivity contribution is 6.31. The van der Waals surface area contributed by atoms with E-state index in [9.17, 15) is 9.90 Å². The topological polar surface area (TPSA) is 80.2 Å². The van der Waals surface area contributed by atoms with Crippen LogP contribution < -0.4 is 14.9 Å². The molecule has 1 amide bonds. The minimum absolute atomic E-state index is 0.0383. The van der Waals surface area contributed by atoms with Gasteiger partial charge in [0.1, 0.15) is 17.2 Å². The number of benzene rings is 2. The normalized spacial score (nSPS) is 10.6. The molecule has 0 saturated carbocycles. The Hall–Kier alpha value is -2.73. The predicted molar refractivity (Wildman–Crippen MR) is 87.7 cm³/mol. The molecule has 0 aliphatic carbocycles. The molecule has 120 valence electrons. The number of hydrogen-bond acceptors (Lipinski definition) is 5. The largest absolute Gasteiger partial charge is 0.507 e. The Morgan fingerprint density at radius 3 is 2.70 bits per heavy atom. The molecule has 0 atom stereocenters. The van der Waals surface area contributed by atoms with E-state index in [-0.39, 0.29) is 11.3 Å². The van der Waals surface area contributed by atoms with E-state index >= 15 is 0 Å². The smallest absolute Gasteiger partial charge is 0.275 e. The van der Waals surface area contributed by atoms with Gasteiger partial charge in [0.15, 0.2) is 0 Å². The minimum Gasteiger partial charge on any atom is -0.507 e. The van der Waals surface area contributed by atoms with Crippen LogP contribution in [0.4, 0.5) is 0 Å². The van der Waals surface area contributed by atoms with Crippen LogP contribution in [0.3, 0.4) is 0 Å². The number of phenolic OH excluding ortho intramolecular Hbond substituents is 1. The van der Waals surface area contributed by atoms with Gasteiger partial charge in [-0.15, -0.1) is 0 Å². The third kappa shape index (κ3) is 4.14. The van der Waals surface area contributed by atoms with Gasteiger partial charge in [0.05, 0.1) is 26.0 Å². The zero-order chi connectivity index (χ0) is 16.8. The summed E-state index contributed by atoms with van der Waals surface area (Å²) in [5.74, 6) is 0.442. The molecule has 0 fully saturated rings. The number of hydrogen-bond donors (Lipinski definition) is 2. The van der Waals surface area contributed by atoms with Crippen molar-refractivity contribution in [3.8, 4) is 17.2 Å². The Kier molecular flexibility index (Phi) is 5.43. The summed E-state index contributed by atoms with van der Waals surface area (Å²) < 4.78 is 10.3. The van der Waals surface area contributed by atoms with Gasteiger partial charge in [0, 0.05) is 16.7 Å². The number of nitrogens with zero attached hydrogens (tertiary/aromatic N) is 1. The monoisotopic (exact) mass is 334 g/mol. The first-order valence-electron chi connectivity index (χ1n) is 6.59. The summed E-state index contributed by atoms with van der Waals surface area (Å²) in [6.45, 7) is 0. The number of amides is 1. The van der Waals surface area contributed by atoms with Gasteiger partial charge in [0.25, 0.3) is 5.91 Å². The van der Waals surface area contributed by atoms with E-state index in [1.807, 2.05) is 0 Å². The van der Waals surface area contributed by atoms with Crippen molar-refractivity contribution in [2.75, 3.05) is 14.2 Å². The Balaban J connectivity index is 2.12. The standard InChI is InChI=1S/C16H15ClN2O4/c1-22-12-5-3-10(15(8-12)23-2)9-18-19-16(21)13-7-11(17)4-6-14(13)20/h3-9,20H,1-2H3,(H,19,21). The molecule has 0 saturated heterocycles. The molecule has 0 radical (unpaired) electrons. The van der Waals surface area contributed by atoms with E-state index in [0.717, 1.165) is 0 Å². The molecule has 0 aliphatic rings. The molecule has 2 aromatic carbocycles. The highest BCUT2D eigenvalue weighted by atomic mass is 35.5. The SMILES string of the molecule is COc1ccc(C=NNC(=O)c2cc(Cl)ccc2O)c(OC)c1. The fourth-order valence-electron chi connectivity index (χ4n) is 1.84. The molecule has 7 heteroatoms. The number of aromatic hydroxyl groups is 1. The van der Waals surface area contributed by atoms with Crippen LogP contribution in [0.25, 0.3) is 0 Å². The summed E-state index contributed by atoms with van der Waals surface area (Å²) in [5.41, 5.74) is 3.02. The van der Waals surface area contributed by atoms with E-state index in [2.05, 4.69) is 10.5 Å². The number of phenols is 1. The number of rotatable bonds is 5. The van der Waals surface area contributed by atoms with Crippen molar-refractivity contribution in [2.24, 2.45) is 5.10 Å². The van der Waals surface area contributed by atoms with E-state index in [1.54, 1.807) is 25.3 Å². The molecule has 0 bridgehead atoms.